The summed E-state index contributed by atoms with van der Waals surface area (Å²) in [5.41, 5.74) is -0.0598. The van der Waals surface area contributed by atoms with Gasteiger partial charge in [-0.25, -0.2) is 9.97 Å². The van der Waals surface area contributed by atoms with Crippen molar-refractivity contribution in [2.24, 2.45) is 0 Å². The third-order valence-corrected chi connectivity index (χ3v) is 6.03. The highest BCUT2D eigenvalue weighted by Gasteiger charge is 2.33. The van der Waals surface area contributed by atoms with E-state index in [0.717, 1.165) is 26.7 Å². The molecule has 0 spiro atoms. The maximum Gasteiger partial charge on any atom is 0.418 e. The topological polar surface area (TPSA) is 54.9 Å². The van der Waals surface area contributed by atoms with Crippen LogP contribution < -0.4 is 5.32 Å². The second-order valence-electron chi connectivity index (χ2n) is 5.92. The van der Waals surface area contributed by atoms with Crippen molar-refractivity contribution in [2.75, 3.05) is 11.1 Å². The third kappa shape index (κ3) is 4.24. The minimum Gasteiger partial charge on any atom is -0.325 e. The first kappa shape index (κ1) is 19.6. The number of rotatable bonds is 4. The van der Waals surface area contributed by atoms with E-state index >= 15 is 0 Å². The van der Waals surface area contributed by atoms with Gasteiger partial charge >= 0.3 is 6.18 Å². The number of fused-ring (bicyclic) bond motifs is 1. The fourth-order valence-corrected chi connectivity index (χ4v) is 4.65. The van der Waals surface area contributed by atoms with E-state index in [1.807, 2.05) is 13.8 Å². The monoisotopic (exact) mass is 411 g/mol. The largest absolute Gasteiger partial charge is 0.418 e. The molecular formula is C18H16F3N3OS2. The number of thiophene rings is 1. The van der Waals surface area contributed by atoms with Crippen LogP contribution in [0, 0.1) is 20.8 Å². The summed E-state index contributed by atoms with van der Waals surface area (Å²) in [6.07, 6.45) is -4.53. The number of amides is 1. The highest BCUT2D eigenvalue weighted by molar-refractivity contribution is 8.00. The Bertz CT molecular complexity index is 1010. The van der Waals surface area contributed by atoms with Crippen molar-refractivity contribution in [1.82, 2.24) is 9.97 Å². The molecule has 3 rings (SSSR count). The van der Waals surface area contributed by atoms with Crippen molar-refractivity contribution >= 4 is 44.9 Å². The molecule has 0 fully saturated rings. The number of aryl methyl sites for hydroxylation is 3. The highest BCUT2D eigenvalue weighted by atomic mass is 32.2. The van der Waals surface area contributed by atoms with Gasteiger partial charge in [-0.3, -0.25) is 4.79 Å². The molecule has 0 radical (unpaired) electrons. The zero-order valence-electron chi connectivity index (χ0n) is 14.8. The Morgan fingerprint density at radius 3 is 2.59 bits per heavy atom. The number of para-hydroxylation sites is 1. The molecule has 3 aromatic rings. The molecule has 1 N–H and O–H groups in total. The second kappa shape index (κ2) is 7.47. The molecule has 0 aliphatic heterocycles. The summed E-state index contributed by atoms with van der Waals surface area (Å²) < 4.78 is 39.1. The van der Waals surface area contributed by atoms with Crippen molar-refractivity contribution in [2.45, 2.75) is 32.0 Å². The number of carbonyl (C=O) groups is 1. The Morgan fingerprint density at radius 2 is 1.89 bits per heavy atom. The number of hydrogen-bond acceptors (Lipinski definition) is 5. The van der Waals surface area contributed by atoms with Crippen molar-refractivity contribution in [3.63, 3.8) is 0 Å². The van der Waals surface area contributed by atoms with E-state index in [0.29, 0.717) is 10.9 Å². The van der Waals surface area contributed by atoms with Gasteiger partial charge in [0.15, 0.2) is 0 Å². The molecule has 0 bridgehead atoms. The van der Waals surface area contributed by atoms with Crippen molar-refractivity contribution < 1.29 is 18.0 Å². The van der Waals surface area contributed by atoms with E-state index < -0.39 is 17.6 Å². The van der Waals surface area contributed by atoms with Crippen LogP contribution in [0.5, 0.6) is 0 Å². The lowest BCUT2D eigenvalue weighted by Crippen LogP contribution is -2.18. The number of hydrogen-bond donors (Lipinski definition) is 1. The standard InChI is InChI=1S/C18H16F3N3OS2/c1-9-10(2)27-17-15(9)16(22-11(3)23-17)26-8-14(25)24-13-7-5-4-6-12(13)18(19,20)21/h4-7H,8H2,1-3H3,(H,24,25). The van der Waals surface area contributed by atoms with Gasteiger partial charge in [0.2, 0.25) is 5.91 Å². The summed E-state index contributed by atoms with van der Waals surface area (Å²) in [5, 5.41) is 3.91. The van der Waals surface area contributed by atoms with E-state index in [9.17, 15) is 18.0 Å². The van der Waals surface area contributed by atoms with Crippen LogP contribution >= 0.6 is 23.1 Å². The third-order valence-electron chi connectivity index (χ3n) is 3.95. The van der Waals surface area contributed by atoms with Crippen LogP contribution in [0.4, 0.5) is 18.9 Å². The molecular weight excluding hydrogens is 395 g/mol. The summed E-state index contributed by atoms with van der Waals surface area (Å²) in [6.45, 7) is 5.73. The first-order valence-electron chi connectivity index (χ1n) is 8.00. The fraction of sp³-hybridized carbons (Fsp3) is 0.278. The van der Waals surface area contributed by atoms with Gasteiger partial charge in [0.1, 0.15) is 15.7 Å². The summed E-state index contributed by atoms with van der Waals surface area (Å²) >= 11 is 2.75. The predicted octanol–water partition coefficient (Wildman–Crippen LogP) is 5.37. The SMILES string of the molecule is Cc1nc(SCC(=O)Nc2ccccc2C(F)(F)F)c2c(C)c(C)sc2n1. The Kier molecular flexibility index (Phi) is 5.43. The van der Waals surface area contributed by atoms with E-state index in [4.69, 9.17) is 0 Å². The van der Waals surface area contributed by atoms with Gasteiger partial charge < -0.3 is 5.32 Å². The number of halogens is 3. The molecule has 0 atom stereocenters. The van der Waals surface area contributed by atoms with Crippen LogP contribution in [0.2, 0.25) is 0 Å². The molecule has 0 saturated carbocycles. The lowest BCUT2D eigenvalue weighted by atomic mass is 10.1. The fourth-order valence-electron chi connectivity index (χ4n) is 2.58. The molecule has 0 unspecified atom stereocenters. The minimum atomic E-state index is -4.53. The van der Waals surface area contributed by atoms with Gasteiger partial charge in [-0.05, 0) is 38.5 Å². The number of benzene rings is 1. The number of nitrogens with zero attached hydrogens (tertiary/aromatic N) is 2. The molecule has 2 heterocycles. The van der Waals surface area contributed by atoms with Crippen LogP contribution in [0.25, 0.3) is 10.2 Å². The van der Waals surface area contributed by atoms with Crippen molar-refractivity contribution in [1.29, 1.82) is 0 Å². The first-order chi connectivity index (χ1) is 12.7. The second-order valence-corrected chi connectivity index (χ2v) is 8.09. The molecule has 4 nitrogen and oxygen atoms in total. The number of nitrogens with one attached hydrogen (secondary N) is 1. The molecule has 27 heavy (non-hydrogen) atoms. The minimum absolute atomic E-state index is 0.0495. The maximum atomic E-state index is 13.0. The Labute approximate surface area is 162 Å². The van der Waals surface area contributed by atoms with Crippen LogP contribution in [0.15, 0.2) is 29.3 Å². The zero-order chi connectivity index (χ0) is 19.8. The van der Waals surface area contributed by atoms with Gasteiger partial charge in [-0.15, -0.1) is 11.3 Å². The Hall–Kier alpha value is -2.13. The molecule has 0 saturated heterocycles. The molecule has 142 valence electrons. The number of carbonyl (C=O) groups excluding carboxylic acids is 1. The summed E-state index contributed by atoms with van der Waals surface area (Å²) in [6, 6.07) is 4.92. The predicted molar refractivity (Wildman–Crippen MR) is 102 cm³/mol. The van der Waals surface area contributed by atoms with Crippen LogP contribution in [-0.2, 0) is 11.0 Å². The first-order valence-corrected chi connectivity index (χ1v) is 9.80. The number of aromatic nitrogens is 2. The van der Waals surface area contributed by atoms with Crippen LogP contribution in [-0.4, -0.2) is 21.6 Å². The average Bonchev–Trinajstić information content (AvgIpc) is 2.86. The van der Waals surface area contributed by atoms with Crippen LogP contribution in [0.1, 0.15) is 21.8 Å². The average molecular weight is 411 g/mol. The Morgan fingerprint density at radius 1 is 1.19 bits per heavy atom. The molecule has 1 aromatic carbocycles. The van der Waals surface area contributed by atoms with Crippen LogP contribution in [0.3, 0.4) is 0 Å². The van der Waals surface area contributed by atoms with E-state index in [2.05, 4.69) is 15.3 Å². The molecule has 2 aromatic heterocycles. The zero-order valence-corrected chi connectivity index (χ0v) is 16.4. The van der Waals surface area contributed by atoms with Gasteiger partial charge in [0.25, 0.3) is 0 Å². The quantitative estimate of drug-likeness (QED) is 0.463. The lowest BCUT2D eigenvalue weighted by molar-refractivity contribution is -0.137. The van der Waals surface area contributed by atoms with E-state index in [-0.39, 0.29) is 11.4 Å². The smallest absolute Gasteiger partial charge is 0.325 e. The molecule has 0 aliphatic carbocycles. The summed E-state index contributed by atoms with van der Waals surface area (Å²) in [4.78, 5) is 23.0. The summed E-state index contributed by atoms with van der Waals surface area (Å²) in [5.74, 6) is 0.0197. The van der Waals surface area contributed by atoms with Gasteiger partial charge in [0.05, 0.1) is 17.0 Å². The molecule has 1 amide bonds. The molecule has 9 heteroatoms. The van der Waals surface area contributed by atoms with Crippen molar-refractivity contribution in [3.8, 4) is 0 Å². The van der Waals surface area contributed by atoms with E-state index in [1.165, 1.54) is 30.0 Å². The number of anilines is 1. The lowest BCUT2D eigenvalue weighted by Gasteiger charge is -2.13. The number of thioether (sulfide) groups is 1. The highest BCUT2D eigenvalue weighted by Crippen LogP contribution is 2.36. The van der Waals surface area contributed by atoms with Gasteiger partial charge in [-0.2, -0.15) is 13.2 Å². The van der Waals surface area contributed by atoms with Crippen molar-refractivity contribution in [3.05, 3.63) is 46.1 Å². The summed E-state index contributed by atoms with van der Waals surface area (Å²) in [7, 11) is 0. The van der Waals surface area contributed by atoms with Gasteiger partial charge in [0, 0.05) is 10.3 Å². The number of alkyl halides is 3. The Balaban J connectivity index is 1.79. The molecule has 0 aliphatic rings. The normalized spacial score (nSPS) is 11.8. The van der Waals surface area contributed by atoms with Gasteiger partial charge in [-0.1, -0.05) is 23.9 Å². The van der Waals surface area contributed by atoms with E-state index in [1.54, 1.807) is 18.3 Å². The maximum absolute atomic E-state index is 13.0.